The summed E-state index contributed by atoms with van der Waals surface area (Å²) in [6.45, 7) is 5.42. The molecule has 2 aliphatic heterocycles. The number of fused-ring (bicyclic) bond motifs is 2. The van der Waals surface area contributed by atoms with Crippen LogP contribution in [0.1, 0.15) is 51.0 Å². The van der Waals surface area contributed by atoms with Crippen LogP contribution >= 0.6 is 0 Å². The Bertz CT molecular complexity index is 593. The molecule has 5 nitrogen and oxygen atoms in total. The number of hydrogen-bond acceptors (Lipinski definition) is 4. The molecule has 1 saturated heterocycles. The second kappa shape index (κ2) is 8.09. The van der Waals surface area contributed by atoms with Gasteiger partial charge in [0.15, 0.2) is 0 Å². The van der Waals surface area contributed by atoms with Crippen molar-refractivity contribution in [1.82, 2.24) is 4.90 Å². The van der Waals surface area contributed by atoms with Crippen LogP contribution in [0.3, 0.4) is 0 Å². The first-order valence-electron chi connectivity index (χ1n) is 9.47. The molecule has 0 amide bonds. The Balaban J connectivity index is 1.57. The van der Waals surface area contributed by atoms with E-state index in [1.165, 1.54) is 24.8 Å². The molecule has 0 radical (unpaired) electrons. The van der Waals surface area contributed by atoms with Crippen LogP contribution in [-0.4, -0.2) is 48.8 Å². The number of piperidine rings is 1. The highest BCUT2D eigenvalue weighted by Gasteiger charge is 2.43. The Hall–Kier alpha value is -1.75. The first kappa shape index (κ1) is 18.1. The Morgan fingerprint density at radius 3 is 2.80 bits per heavy atom. The summed E-state index contributed by atoms with van der Waals surface area (Å²) in [5.41, 5.74) is 1.31. The van der Waals surface area contributed by atoms with Crippen molar-refractivity contribution in [3.05, 3.63) is 23.8 Å². The fourth-order valence-corrected chi connectivity index (χ4v) is 3.91. The van der Waals surface area contributed by atoms with Gasteiger partial charge in [0.1, 0.15) is 11.5 Å². The summed E-state index contributed by atoms with van der Waals surface area (Å²) in [5.74, 6) is 1.08. The highest BCUT2D eigenvalue weighted by molar-refractivity contribution is 5.69. The van der Waals surface area contributed by atoms with Gasteiger partial charge >= 0.3 is 5.97 Å². The molecular weight excluding hydrogens is 318 g/mol. The Morgan fingerprint density at radius 1 is 1.28 bits per heavy atom. The van der Waals surface area contributed by atoms with Crippen molar-refractivity contribution >= 4 is 5.97 Å². The third kappa shape index (κ3) is 4.27. The largest absolute Gasteiger partial charge is 0.493 e. The number of hydrogen-bond donors (Lipinski definition) is 1. The summed E-state index contributed by atoms with van der Waals surface area (Å²) < 4.78 is 11.8. The van der Waals surface area contributed by atoms with E-state index in [1.807, 2.05) is 11.0 Å². The van der Waals surface area contributed by atoms with Crippen molar-refractivity contribution in [3.8, 4) is 11.5 Å². The van der Waals surface area contributed by atoms with Gasteiger partial charge in [-0.25, -0.2) is 0 Å². The van der Waals surface area contributed by atoms with Crippen LogP contribution < -0.4 is 9.47 Å². The standard InChI is InChI=1S/C20H29NO4/c1-2-3-4-5-12-24-16-6-7-17-18(13-16)25-15-20(17)8-10-21(11-9-20)14-19(22)23/h6-7,13H,2-5,8-12,14-15H2,1H3,(H,22,23). The second-order valence-electron chi connectivity index (χ2n) is 7.31. The van der Waals surface area contributed by atoms with Crippen molar-refractivity contribution in [2.24, 2.45) is 0 Å². The number of unbranched alkanes of at least 4 members (excludes halogenated alkanes) is 3. The number of ether oxygens (including phenoxy) is 2. The molecule has 1 fully saturated rings. The van der Waals surface area contributed by atoms with Gasteiger partial charge in [-0.05, 0) is 38.4 Å². The highest BCUT2D eigenvalue weighted by atomic mass is 16.5. The molecule has 1 aromatic rings. The molecule has 0 saturated carbocycles. The van der Waals surface area contributed by atoms with Gasteiger partial charge in [0, 0.05) is 17.0 Å². The molecule has 0 aliphatic carbocycles. The van der Waals surface area contributed by atoms with Gasteiger partial charge in [0.05, 0.1) is 19.8 Å². The third-order valence-electron chi connectivity index (χ3n) is 5.47. The number of carboxylic acids is 1. The molecule has 138 valence electrons. The first-order chi connectivity index (χ1) is 12.1. The van der Waals surface area contributed by atoms with E-state index in [2.05, 4.69) is 19.1 Å². The monoisotopic (exact) mass is 347 g/mol. The summed E-state index contributed by atoms with van der Waals surface area (Å²) >= 11 is 0. The van der Waals surface area contributed by atoms with Gasteiger partial charge in [0.2, 0.25) is 0 Å². The van der Waals surface area contributed by atoms with Crippen molar-refractivity contribution < 1.29 is 19.4 Å². The number of benzene rings is 1. The SMILES string of the molecule is CCCCCCOc1ccc2c(c1)OCC21CCN(CC(=O)O)CC1. The zero-order chi connectivity index (χ0) is 17.7. The minimum atomic E-state index is -0.750. The maximum atomic E-state index is 10.9. The van der Waals surface area contributed by atoms with Crippen LogP contribution in [0, 0.1) is 0 Å². The molecule has 3 rings (SSSR count). The lowest BCUT2D eigenvalue weighted by Crippen LogP contribution is -2.45. The van der Waals surface area contributed by atoms with Crippen LogP contribution in [-0.2, 0) is 10.2 Å². The lowest BCUT2D eigenvalue weighted by Gasteiger charge is -2.37. The van der Waals surface area contributed by atoms with Gasteiger partial charge in [-0.2, -0.15) is 0 Å². The smallest absolute Gasteiger partial charge is 0.317 e. The van der Waals surface area contributed by atoms with E-state index < -0.39 is 5.97 Å². The lowest BCUT2D eigenvalue weighted by molar-refractivity contribution is -0.138. The van der Waals surface area contributed by atoms with E-state index >= 15 is 0 Å². The minimum absolute atomic E-state index is 0.0456. The molecule has 0 unspecified atom stereocenters. The number of carboxylic acid groups (broad SMARTS) is 1. The van der Waals surface area contributed by atoms with Crippen molar-refractivity contribution in [1.29, 1.82) is 0 Å². The quantitative estimate of drug-likeness (QED) is 0.730. The van der Waals surface area contributed by atoms with Crippen LogP contribution in [0.5, 0.6) is 11.5 Å². The zero-order valence-electron chi connectivity index (χ0n) is 15.1. The maximum absolute atomic E-state index is 10.9. The fraction of sp³-hybridized carbons (Fsp3) is 0.650. The van der Waals surface area contributed by atoms with Crippen LogP contribution in [0.25, 0.3) is 0 Å². The number of carbonyl (C=O) groups is 1. The summed E-state index contributed by atoms with van der Waals surface area (Å²) in [7, 11) is 0. The molecule has 1 aromatic carbocycles. The van der Waals surface area contributed by atoms with E-state index in [0.29, 0.717) is 6.61 Å². The molecule has 1 spiro atoms. The third-order valence-corrected chi connectivity index (χ3v) is 5.47. The Kier molecular flexibility index (Phi) is 5.84. The lowest BCUT2D eigenvalue weighted by atomic mass is 9.74. The van der Waals surface area contributed by atoms with E-state index in [4.69, 9.17) is 14.6 Å². The number of nitrogens with zero attached hydrogens (tertiary/aromatic N) is 1. The number of rotatable bonds is 8. The second-order valence-corrected chi connectivity index (χ2v) is 7.31. The van der Waals surface area contributed by atoms with Crippen molar-refractivity contribution in [3.63, 3.8) is 0 Å². The van der Waals surface area contributed by atoms with Gasteiger partial charge < -0.3 is 14.6 Å². The summed E-state index contributed by atoms with van der Waals surface area (Å²) in [5, 5.41) is 8.95. The van der Waals surface area contributed by atoms with E-state index in [-0.39, 0.29) is 12.0 Å². The Morgan fingerprint density at radius 2 is 2.08 bits per heavy atom. The molecule has 0 bridgehead atoms. The zero-order valence-corrected chi connectivity index (χ0v) is 15.1. The van der Waals surface area contributed by atoms with Gasteiger partial charge in [-0.15, -0.1) is 0 Å². The molecule has 0 atom stereocenters. The van der Waals surface area contributed by atoms with Crippen molar-refractivity contribution in [2.45, 2.75) is 50.9 Å². The highest BCUT2D eigenvalue weighted by Crippen LogP contribution is 2.46. The maximum Gasteiger partial charge on any atom is 0.317 e. The van der Waals surface area contributed by atoms with Crippen LogP contribution in [0.4, 0.5) is 0 Å². The first-order valence-corrected chi connectivity index (χ1v) is 9.47. The average Bonchev–Trinajstić information content (AvgIpc) is 2.94. The van der Waals surface area contributed by atoms with E-state index in [9.17, 15) is 4.79 Å². The molecule has 2 aliphatic rings. The minimum Gasteiger partial charge on any atom is -0.493 e. The average molecular weight is 347 g/mol. The van der Waals surface area contributed by atoms with Gasteiger partial charge in [-0.1, -0.05) is 32.3 Å². The summed E-state index contributed by atoms with van der Waals surface area (Å²) in [6.07, 6.45) is 6.70. The van der Waals surface area contributed by atoms with Gasteiger partial charge in [0.25, 0.3) is 0 Å². The number of aliphatic carboxylic acids is 1. The van der Waals surface area contributed by atoms with Crippen LogP contribution in [0.2, 0.25) is 0 Å². The topological polar surface area (TPSA) is 59.0 Å². The molecular formula is C20H29NO4. The van der Waals surface area contributed by atoms with Crippen molar-refractivity contribution in [2.75, 3.05) is 32.8 Å². The molecule has 2 heterocycles. The predicted octanol–water partition coefficient (Wildman–Crippen LogP) is 3.46. The fourth-order valence-electron chi connectivity index (χ4n) is 3.91. The summed E-state index contributed by atoms with van der Waals surface area (Å²) in [6, 6.07) is 6.22. The molecule has 5 heteroatoms. The van der Waals surface area contributed by atoms with E-state index in [1.54, 1.807) is 0 Å². The summed E-state index contributed by atoms with van der Waals surface area (Å²) in [4.78, 5) is 12.9. The number of likely N-dealkylation sites (tertiary alicyclic amines) is 1. The van der Waals surface area contributed by atoms with Crippen LogP contribution in [0.15, 0.2) is 18.2 Å². The van der Waals surface area contributed by atoms with E-state index in [0.717, 1.165) is 50.5 Å². The predicted molar refractivity (Wildman–Crippen MR) is 96.6 cm³/mol. The molecule has 25 heavy (non-hydrogen) atoms. The molecule has 0 aromatic heterocycles. The Labute approximate surface area is 149 Å². The molecule has 1 N–H and O–H groups in total. The normalized spacial score (nSPS) is 18.8. The van der Waals surface area contributed by atoms with Gasteiger partial charge in [-0.3, -0.25) is 9.69 Å².